The lowest BCUT2D eigenvalue weighted by atomic mass is 9.84. The van der Waals surface area contributed by atoms with Crippen LogP contribution in [0.5, 0.6) is 5.75 Å². The smallest absolute Gasteiger partial charge is 0.254 e. The standard InChI is InChI=1S/C19H23N5O2/c1-4-26-13-6-5-11-7-12(9-22-14(11)8-13)15(10(2)3)17-16(19(21)25)18(20)24-23-17/h5-10,15H,4H2,1-3H3,(H2,21,25)(H3,20,23,24). The van der Waals surface area contributed by atoms with E-state index in [1.807, 2.05) is 31.3 Å². The minimum atomic E-state index is -0.591. The van der Waals surface area contributed by atoms with Gasteiger partial charge < -0.3 is 16.2 Å². The first-order valence-electron chi connectivity index (χ1n) is 8.58. The molecule has 7 heteroatoms. The van der Waals surface area contributed by atoms with Gasteiger partial charge >= 0.3 is 0 Å². The van der Waals surface area contributed by atoms with Crippen LogP contribution in [0, 0.1) is 5.92 Å². The van der Waals surface area contributed by atoms with Gasteiger partial charge in [0.2, 0.25) is 0 Å². The summed E-state index contributed by atoms with van der Waals surface area (Å²) in [6.07, 6.45) is 1.81. The summed E-state index contributed by atoms with van der Waals surface area (Å²) in [6.45, 7) is 6.68. The SMILES string of the molecule is CCOc1ccc2cc(C(c3[nH]nc(N)c3C(N)=O)C(C)C)cnc2c1. The van der Waals surface area contributed by atoms with Gasteiger partial charge in [-0.2, -0.15) is 5.10 Å². The minimum Gasteiger partial charge on any atom is -0.494 e. The molecular weight excluding hydrogens is 330 g/mol. The molecule has 26 heavy (non-hydrogen) atoms. The van der Waals surface area contributed by atoms with Crippen LogP contribution in [0.1, 0.15) is 48.3 Å². The number of H-pyrrole nitrogens is 1. The van der Waals surface area contributed by atoms with Crippen molar-refractivity contribution in [2.45, 2.75) is 26.7 Å². The Morgan fingerprint density at radius 3 is 2.73 bits per heavy atom. The number of aromatic amines is 1. The van der Waals surface area contributed by atoms with Crippen LogP contribution in [0.2, 0.25) is 0 Å². The van der Waals surface area contributed by atoms with Gasteiger partial charge in [0.15, 0.2) is 5.82 Å². The van der Waals surface area contributed by atoms with Crippen LogP contribution in [-0.2, 0) is 0 Å². The number of amides is 1. The lowest BCUT2D eigenvalue weighted by Gasteiger charge is -2.21. The first-order chi connectivity index (χ1) is 12.4. The zero-order valence-corrected chi connectivity index (χ0v) is 15.1. The summed E-state index contributed by atoms with van der Waals surface area (Å²) < 4.78 is 5.53. The zero-order valence-electron chi connectivity index (χ0n) is 15.1. The van der Waals surface area contributed by atoms with Crippen molar-refractivity contribution in [2.75, 3.05) is 12.3 Å². The summed E-state index contributed by atoms with van der Waals surface area (Å²) in [4.78, 5) is 16.4. The van der Waals surface area contributed by atoms with Crippen LogP contribution in [0.4, 0.5) is 5.82 Å². The molecule has 1 atom stereocenters. The number of benzene rings is 1. The lowest BCUT2D eigenvalue weighted by molar-refractivity contribution is 0.1000. The van der Waals surface area contributed by atoms with Crippen molar-refractivity contribution < 1.29 is 9.53 Å². The molecule has 1 unspecified atom stereocenters. The maximum absolute atomic E-state index is 11.8. The first-order valence-corrected chi connectivity index (χ1v) is 8.58. The molecule has 1 amide bonds. The van der Waals surface area contributed by atoms with E-state index in [4.69, 9.17) is 16.2 Å². The van der Waals surface area contributed by atoms with Gasteiger partial charge in [0.1, 0.15) is 11.3 Å². The summed E-state index contributed by atoms with van der Waals surface area (Å²) in [5.74, 6) is 0.360. The van der Waals surface area contributed by atoms with E-state index >= 15 is 0 Å². The topological polar surface area (TPSA) is 120 Å². The monoisotopic (exact) mass is 353 g/mol. The average molecular weight is 353 g/mol. The van der Waals surface area contributed by atoms with E-state index in [0.717, 1.165) is 22.2 Å². The van der Waals surface area contributed by atoms with Gasteiger partial charge in [-0.3, -0.25) is 14.9 Å². The molecule has 0 radical (unpaired) electrons. The molecule has 2 aromatic heterocycles. The molecule has 7 nitrogen and oxygen atoms in total. The van der Waals surface area contributed by atoms with E-state index in [1.165, 1.54) is 0 Å². The number of nitrogens with one attached hydrogen (secondary N) is 1. The van der Waals surface area contributed by atoms with Crippen LogP contribution in [-0.4, -0.2) is 27.7 Å². The Morgan fingerprint density at radius 2 is 2.08 bits per heavy atom. The normalized spacial score (nSPS) is 12.5. The van der Waals surface area contributed by atoms with E-state index < -0.39 is 5.91 Å². The molecule has 3 aromatic rings. The van der Waals surface area contributed by atoms with Gasteiger partial charge in [-0.15, -0.1) is 0 Å². The summed E-state index contributed by atoms with van der Waals surface area (Å²) in [7, 11) is 0. The Morgan fingerprint density at radius 1 is 1.31 bits per heavy atom. The van der Waals surface area contributed by atoms with Crippen molar-refractivity contribution in [3.8, 4) is 5.75 Å². The van der Waals surface area contributed by atoms with Crippen LogP contribution >= 0.6 is 0 Å². The van der Waals surface area contributed by atoms with E-state index in [1.54, 1.807) is 0 Å². The molecule has 5 N–H and O–H groups in total. The number of pyridine rings is 1. The Kier molecular flexibility index (Phi) is 4.79. The van der Waals surface area contributed by atoms with Crippen molar-refractivity contribution in [1.82, 2.24) is 15.2 Å². The first kappa shape index (κ1) is 17.7. The van der Waals surface area contributed by atoms with Gasteiger partial charge in [0.25, 0.3) is 5.91 Å². The predicted molar refractivity (Wildman–Crippen MR) is 101 cm³/mol. The highest BCUT2D eigenvalue weighted by Gasteiger charge is 2.27. The second-order valence-corrected chi connectivity index (χ2v) is 6.54. The third-order valence-corrected chi connectivity index (χ3v) is 4.39. The summed E-state index contributed by atoms with van der Waals surface area (Å²) in [5, 5.41) is 7.85. The van der Waals surface area contributed by atoms with Crippen molar-refractivity contribution in [1.29, 1.82) is 0 Å². The van der Waals surface area contributed by atoms with Gasteiger partial charge in [-0.25, -0.2) is 0 Å². The number of aromatic nitrogens is 3. The molecule has 0 aliphatic carbocycles. The molecule has 2 heterocycles. The second-order valence-electron chi connectivity index (χ2n) is 6.54. The molecule has 0 aliphatic heterocycles. The van der Waals surface area contributed by atoms with Crippen molar-refractivity contribution in [3.05, 3.63) is 47.3 Å². The summed E-state index contributed by atoms with van der Waals surface area (Å²) in [5.41, 5.74) is 14.0. The molecule has 0 saturated carbocycles. The molecule has 0 aliphatic rings. The fourth-order valence-electron chi connectivity index (χ4n) is 3.28. The van der Waals surface area contributed by atoms with Crippen molar-refractivity contribution in [3.63, 3.8) is 0 Å². The highest BCUT2D eigenvalue weighted by atomic mass is 16.5. The number of fused-ring (bicyclic) bond motifs is 1. The minimum absolute atomic E-state index is 0.119. The Labute approximate surface area is 151 Å². The second kappa shape index (κ2) is 7.03. The number of rotatable bonds is 6. The highest BCUT2D eigenvalue weighted by Crippen LogP contribution is 2.35. The van der Waals surface area contributed by atoms with Crippen LogP contribution in [0.15, 0.2) is 30.5 Å². The fourth-order valence-corrected chi connectivity index (χ4v) is 3.28. The van der Waals surface area contributed by atoms with Crippen LogP contribution in [0.25, 0.3) is 10.9 Å². The van der Waals surface area contributed by atoms with Crippen LogP contribution in [0.3, 0.4) is 0 Å². The van der Waals surface area contributed by atoms with Crippen LogP contribution < -0.4 is 16.2 Å². The van der Waals surface area contributed by atoms with Crippen molar-refractivity contribution >= 4 is 22.6 Å². The highest BCUT2D eigenvalue weighted by molar-refractivity contribution is 5.98. The lowest BCUT2D eigenvalue weighted by Crippen LogP contribution is -2.19. The van der Waals surface area contributed by atoms with E-state index in [2.05, 4.69) is 35.1 Å². The number of hydrogen-bond acceptors (Lipinski definition) is 5. The molecule has 0 spiro atoms. The maximum atomic E-state index is 11.8. The van der Waals surface area contributed by atoms with Crippen molar-refractivity contribution in [2.24, 2.45) is 11.7 Å². The average Bonchev–Trinajstić information content (AvgIpc) is 2.96. The largest absolute Gasteiger partial charge is 0.494 e. The molecule has 0 saturated heterocycles. The summed E-state index contributed by atoms with van der Waals surface area (Å²) >= 11 is 0. The number of ether oxygens (including phenoxy) is 1. The quantitative estimate of drug-likeness (QED) is 0.629. The van der Waals surface area contributed by atoms with E-state index in [0.29, 0.717) is 12.3 Å². The number of carbonyl (C=O) groups excluding carboxylic acids is 1. The number of nitrogens with zero attached hydrogens (tertiary/aromatic N) is 2. The number of primary amides is 1. The molecule has 1 aromatic carbocycles. The molecule has 136 valence electrons. The third-order valence-electron chi connectivity index (χ3n) is 4.39. The molecule has 0 bridgehead atoms. The number of anilines is 1. The van der Waals surface area contributed by atoms with Gasteiger partial charge in [-0.05, 0) is 36.6 Å². The van der Waals surface area contributed by atoms with Gasteiger partial charge in [0, 0.05) is 23.6 Å². The Bertz CT molecular complexity index is 948. The number of nitrogen functional groups attached to an aromatic ring is 1. The fraction of sp³-hybridized carbons (Fsp3) is 0.316. The van der Waals surface area contributed by atoms with E-state index in [9.17, 15) is 4.79 Å². The zero-order chi connectivity index (χ0) is 18.8. The number of carbonyl (C=O) groups is 1. The van der Waals surface area contributed by atoms with Gasteiger partial charge in [-0.1, -0.05) is 13.8 Å². The van der Waals surface area contributed by atoms with E-state index in [-0.39, 0.29) is 23.2 Å². The molecular formula is C19H23N5O2. The number of hydrogen-bond donors (Lipinski definition) is 3. The predicted octanol–water partition coefficient (Wildman–Crippen LogP) is 2.83. The Balaban J connectivity index is 2.09. The third kappa shape index (κ3) is 3.20. The molecule has 3 rings (SSSR count). The maximum Gasteiger partial charge on any atom is 0.254 e. The van der Waals surface area contributed by atoms with Gasteiger partial charge in [0.05, 0.1) is 17.8 Å². The molecule has 0 fully saturated rings. The summed E-state index contributed by atoms with van der Waals surface area (Å²) in [6, 6.07) is 7.87. The number of nitrogens with two attached hydrogens (primary N) is 2. The Hall–Kier alpha value is -3.09.